The fraction of sp³-hybridized carbons (Fsp3) is 0.727. The molecule has 1 N–H and O–H groups in total. The first kappa shape index (κ1) is 10.9. The number of hydrogen-bond donors (Lipinski definition) is 1. The summed E-state index contributed by atoms with van der Waals surface area (Å²) < 4.78 is 0. The molecule has 0 aromatic heterocycles. The first-order chi connectivity index (χ1) is 6.65. The number of nitrogens with one attached hydrogen (secondary N) is 1. The van der Waals surface area contributed by atoms with Gasteiger partial charge in [0.05, 0.1) is 6.04 Å². The van der Waals surface area contributed by atoms with E-state index in [1.54, 1.807) is 6.92 Å². The molecule has 0 aromatic carbocycles. The molecule has 1 aliphatic rings. The molecule has 0 heterocycles. The van der Waals surface area contributed by atoms with E-state index in [9.17, 15) is 0 Å². The van der Waals surface area contributed by atoms with Crippen molar-refractivity contribution in [1.82, 2.24) is 0 Å². The summed E-state index contributed by atoms with van der Waals surface area (Å²) in [5.41, 5.74) is 0.531. The van der Waals surface area contributed by atoms with Gasteiger partial charge in [0.15, 0.2) is 0 Å². The van der Waals surface area contributed by atoms with Crippen LogP contribution in [0.1, 0.15) is 27.2 Å². The minimum atomic E-state index is 0.164. The van der Waals surface area contributed by atoms with Crippen molar-refractivity contribution in [3.05, 3.63) is 0 Å². The van der Waals surface area contributed by atoms with Gasteiger partial charge in [-0.2, -0.15) is 5.26 Å². The van der Waals surface area contributed by atoms with E-state index in [1.807, 2.05) is 6.07 Å². The summed E-state index contributed by atoms with van der Waals surface area (Å²) in [5, 5.41) is 16.0. The van der Waals surface area contributed by atoms with Crippen molar-refractivity contribution in [3.63, 3.8) is 0 Å². The van der Waals surface area contributed by atoms with E-state index in [4.69, 9.17) is 10.7 Å². The Bertz CT molecular complexity index is 287. The zero-order valence-electron chi connectivity index (χ0n) is 8.99. The Hall–Kier alpha value is -1.17. The van der Waals surface area contributed by atoms with Gasteiger partial charge >= 0.3 is 0 Å². The van der Waals surface area contributed by atoms with Crippen molar-refractivity contribution in [2.24, 2.45) is 22.7 Å². The van der Waals surface area contributed by atoms with Crippen LogP contribution in [0.25, 0.3) is 0 Å². The third-order valence-electron chi connectivity index (χ3n) is 3.27. The van der Waals surface area contributed by atoms with E-state index < -0.39 is 0 Å². The third kappa shape index (κ3) is 1.70. The second kappa shape index (κ2) is 4.36. The molecule has 0 spiro atoms. The van der Waals surface area contributed by atoms with Crippen LogP contribution in [-0.2, 0) is 0 Å². The summed E-state index contributed by atoms with van der Waals surface area (Å²) in [6.07, 6.45) is 2.59. The Morgan fingerprint density at radius 3 is 2.71 bits per heavy atom. The Morgan fingerprint density at radius 1 is 1.64 bits per heavy atom. The first-order valence-corrected chi connectivity index (χ1v) is 5.10. The Labute approximate surface area is 85.4 Å². The molecule has 0 aromatic rings. The topological polar surface area (TPSA) is 60.0 Å². The molecule has 1 rings (SSSR count). The van der Waals surface area contributed by atoms with Gasteiger partial charge in [-0.05, 0) is 18.8 Å². The minimum Gasteiger partial charge on any atom is -0.313 e. The highest BCUT2D eigenvalue weighted by Gasteiger charge is 2.45. The quantitative estimate of drug-likeness (QED) is 0.683. The highest BCUT2D eigenvalue weighted by molar-refractivity contribution is 5.96. The lowest BCUT2D eigenvalue weighted by Crippen LogP contribution is -2.49. The van der Waals surface area contributed by atoms with Gasteiger partial charge < -0.3 is 5.41 Å². The molecule has 1 aliphatic carbocycles. The van der Waals surface area contributed by atoms with Crippen LogP contribution in [0.3, 0.4) is 0 Å². The van der Waals surface area contributed by atoms with Gasteiger partial charge in [-0.15, -0.1) is 0 Å². The molecule has 3 unspecified atom stereocenters. The van der Waals surface area contributed by atoms with Gasteiger partial charge in [-0.1, -0.05) is 20.3 Å². The molecule has 3 nitrogen and oxygen atoms in total. The van der Waals surface area contributed by atoms with E-state index in [0.717, 1.165) is 6.42 Å². The summed E-state index contributed by atoms with van der Waals surface area (Å²) >= 11 is 0. The summed E-state index contributed by atoms with van der Waals surface area (Å²) in [5.74, 6) is 1.33. The van der Waals surface area contributed by atoms with Gasteiger partial charge in [0.25, 0.3) is 0 Å². The van der Waals surface area contributed by atoms with Crippen molar-refractivity contribution < 1.29 is 0 Å². The standard InChI is InChI=1S/C11H17N3/c1-4-9-8(3)11(10(9)6-13)14-7(2)5-12/h6,8-11,13H,4H2,1-3H3/b13-6?,14-7+/t8?,9?,10?,11-/m0/s1. The van der Waals surface area contributed by atoms with Crippen molar-refractivity contribution in [3.8, 4) is 6.07 Å². The molecule has 0 saturated heterocycles. The molecular weight excluding hydrogens is 174 g/mol. The van der Waals surface area contributed by atoms with Crippen molar-refractivity contribution >= 4 is 11.9 Å². The van der Waals surface area contributed by atoms with Gasteiger partial charge in [0.2, 0.25) is 0 Å². The number of hydrogen-bond acceptors (Lipinski definition) is 3. The summed E-state index contributed by atoms with van der Waals surface area (Å²) in [4.78, 5) is 4.34. The van der Waals surface area contributed by atoms with E-state index in [2.05, 4.69) is 18.8 Å². The van der Waals surface area contributed by atoms with Crippen LogP contribution < -0.4 is 0 Å². The van der Waals surface area contributed by atoms with E-state index in [0.29, 0.717) is 17.5 Å². The van der Waals surface area contributed by atoms with E-state index in [-0.39, 0.29) is 12.0 Å². The average Bonchev–Trinajstić information content (AvgIpc) is 2.21. The maximum atomic E-state index is 8.63. The zero-order chi connectivity index (χ0) is 10.7. The maximum absolute atomic E-state index is 8.63. The lowest BCUT2D eigenvalue weighted by atomic mass is 9.61. The van der Waals surface area contributed by atoms with Crippen LogP contribution in [-0.4, -0.2) is 18.0 Å². The van der Waals surface area contributed by atoms with Crippen LogP contribution in [0.4, 0.5) is 0 Å². The molecule has 3 heteroatoms. The number of nitrogens with zero attached hydrogens (tertiary/aromatic N) is 2. The molecular formula is C11H17N3. The Morgan fingerprint density at radius 2 is 2.29 bits per heavy atom. The number of aliphatic imine (C=N–C) groups is 1. The molecule has 1 saturated carbocycles. The molecule has 0 amide bonds. The molecule has 14 heavy (non-hydrogen) atoms. The fourth-order valence-corrected chi connectivity index (χ4v) is 2.38. The van der Waals surface area contributed by atoms with Crippen molar-refractivity contribution in [2.45, 2.75) is 33.2 Å². The van der Waals surface area contributed by atoms with Crippen molar-refractivity contribution in [2.75, 3.05) is 0 Å². The van der Waals surface area contributed by atoms with Gasteiger partial charge in [-0.25, -0.2) is 0 Å². The van der Waals surface area contributed by atoms with Crippen LogP contribution in [0, 0.1) is 34.5 Å². The van der Waals surface area contributed by atoms with Crippen molar-refractivity contribution in [1.29, 1.82) is 10.7 Å². The van der Waals surface area contributed by atoms with E-state index in [1.165, 1.54) is 6.21 Å². The molecule has 4 atom stereocenters. The zero-order valence-corrected chi connectivity index (χ0v) is 8.99. The molecule has 0 aliphatic heterocycles. The second-order valence-electron chi connectivity index (χ2n) is 3.99. The fourth-order valence-electron chi connectivity index (χ4n) is 2.38. The molecule has 0 bridgehead atoms. The lowest BCUT2D eigenvalue weighted by molar-refractivity contribution is 0.102. The Kier molecular flexibility index (Phi) is 3.40. The summed E-state index contributed by atoms with van der Waals surface area (Å²) in [6, 6.07) is 2.20. The monoisotopic (exact) mass is 191 g/mol. The molecule has 76 valence electrons. The van der Waals surface area contributed by atoms with Crippen LogP contribution in [0.15, 0.2) is 4.99 Å². The van der Waals surface area contributed by atoms with Gasteiger partial charge in [-0.3, -0.25) is 4.99 Å². The lowest BCUT2D eigenvalue weighted by Gasteiger charge is -2.46. The average molecular weight is 191 g/mol. The first-order valence-electron chi connectivity index (χ1n) is 5.10. The van der Waals surface area contributed by atoms with Crippen LogP contribution >= 0.6 is 0 Å². The third-order valence-corrected chi connectivity index (χ3v) is 3.27. The Balaban J connectivity index is 2.73. The molecule has 1 fully saturated rings. The maximum Gasteiger partial charge on any atom is 0.114 e. The highest BCUT2D eigenvalue weighted by atomic mass is 14.9. The number of rotatable bonds is 3. The second-order valence-corrected chi connectivity index (χ2v) is 3.99. The number of nitriles is 1. The highest BCUT2D eigenvalue weighted by Crippen LogP contribution is 2.43. The molecule has 0 radical (unpaired) electrons. The predicted molar refractivity (Wildman–Crippen MR) is 57.7 cm³/mol. The summed E-state index contributed by atoms with van der Waals surface area (Å²) in [6.45, 7) is 6.04. The van der Waals surface area contributed by atoms with E-state index >= 15 is 0 Å². The van der Waals surface area contributed by atoms with Crippen LogP contribution in [0.5, 0.6) is 0 Å². The smallest absolute Gasteiger partial charge is 0.114 e. The minimum absolute atomic E-state index is 0.164. The summed E-state index contributed by atoms with van der Waals surface area (Å²) in [7, 11) is 0. The van der Waals surface area contributed by atoms with Gasteiger partial charge in [0.1, 0.15) is 11.8 Å². The SMILES string of the molecule is CCC1C(C)[C@H](/N=C(\C)C#N)C1C=N. The largest absolute Gasteiger partial charge is 0.313 e. The normalized spacial score (nSPS) is 37.1. The van der Waals surface area contributed by atoms with Gasteiger partial charge in [0, 0.05) is 12.1 Å². The van der Waals surface area contributed by atoms with Crippen LogP contribution in [0.2, 0.25) is 0 Å². The predicted octanol–water partition coefficient (Wildman–Crippen LogP) is 2.28.